The zero-order valence-corrected chi connectivity index (χ0v) is 15.8. The maximum absolute atomic E-state index is 12.9. The third kappa shape index (κ3) is 2.66. The first-order chi connectivity index (χ1) is 14.5. The van der Waals surface area contributed by atoms with Gasteiger partial charge in [-0.05, 0) is 48.6 Å². The summed E-state index contributed by atoms with van der Waals surface area (Å²) in [6.07, 6.45) is 4.95. The first kappa shape index (κ1) is 18.3. The first-order valence-corrected chi connectivity index (χ1v) is 9.73. The molecular formula is C23H17N2O5-. The Bertz CT molecular complexity index is 1090. The molecule has 150 valence electrons. The second kappa shape index (κ2) is 6.66. The molecule has 4 atom stereocenters. The van der Waals surface area contributed by atoms with Crippen molar-refractivity contribution in [3.05, 3.63) is 71.8 Å². The molecule has 1 saturated heterocycles. The van der Waals surface area contributed by atoms with E-state index in [1.807, 2.05) is 12.2 Å². The number of aromatic carboxylic acids is 1. The van der Waals surface area contributed by atoms with Gasteiger partial charge in [-0.25, -0.2) is 0 Å². The molecule has 2 aliphatic carbocycles. The Kier molecular flexibility index (Phi) is 4.06. The monoisotopic (exact) mass is 401 g/mol. The van der Waals surface area contributed by atoms with Crippen LogP contribution < -0.4 is 15.3 Å². The van der Waals surface area contributed by atoms with Gasteiger partial charge in [-0.2, -0.15) is 0 Å². The fourth-order valence-corrected chi connectivity index (χ4v) is 4.88. The Morgan fingerprint density at radius 2 is 1.50 bits per heavy atom. The van der Waals surface area contributed by atoms with E-state index in [0.717, 1.165) is 6.42 Å². The summed E-state index contributed by atoms with van der Waals surface area (Å²) < 4.78 is 0. The minimum Gasteiger partial charge on any atom is -0.545 e. The van der Waals surface area contributed by atoms with Crippen molar-refractivity contribution in [3.8, 4) is 0 Å². The van der Waals surface area contributed by atoms with Crippen LogP contribution in [-0.4, -0.2) is 23.7 Å². The number of hydrogen-bond acceptors (Lipinski definition) is 5. The lowest BCUT2D eigenvalue weighted by Gasteiger charge is -2.17. The molecule has 7 heteroatoms. The summed E-state index contributed by atoms with van der Waals surface area (Å²) in [6.45, 7) is 0. The molecule has 0 spiro atoms. The quantitative estimate of drug-likeness (QED) is 0.619. The predicted octanol–water partition coefficient (Wildman–Crippen LogP) is 1.61. The highest BCUT2D eigenvalue weighted by molar-refractivity contribution is 6.23. The number of carboxylic acids is 1. The molecule has 1 N–H and O–H groups in total. The maximum Gasteiger partial charge on any atom is 0.255 e. The van der Waals surface area contributed by atoms with E-state index in [-0.39, 0.29) is 52.3 Å². The van der Waals surface area contributed by atoms with Crippen LogP contribution in [0.15, 0.2) is 60.7 Å². The molecule has 0 unspecified atom stereocenters. The molecule has 0 radical (unpaired) electrons. The highest BCUT2D eigenvalue weighted by atomic mass is 16.4. The second-order valence-corrected chi connectivity index (χ2v) is 7.85. The van der Waals surface area contributed by atoms with Crippen molar-refractivity contribution in [1.29, 1.82) is 0 Å². The molecule has 2 aromatic rings. The number of para-hydroxylation sites is 1. The van der Waals surface area contributed by atoms with Gasteiger partial charge in [0.2, 0.25) is 11.8 Å². The van der Waals surface area contributed by atoms with Gasteiger partial charge in [-0.15, -0.1) is 0 Å². The lowest BCUT2D eigenvalue weighted by Crippen LogP contribution is -2.32. The van der Waals surface area contributed by atoms with E-state index in [0.29, 0.717) is 5.69 Å². The average molecular weight is 401 g/mol. The highest BCUT2D eigenvalue weighted by Crippen LogP contribution is 2.53. The van der Waals surface area contributed by atoms with Crippen molar-refractivity contribution in [2.75, 3.05) is 10.2 Å². The van der Waals surface area contributed by atoms with Gasteiger partial charge in [0.25, 0.3) is 5.91 Å². The summed E-state index contributed by atoms with van der Waals surface area (Å²) >= 11 is 0. The van der Waals surface area contributed by atoms with E-state index >= 15 is 0 Å². The fraction of sp³-hybridized carbons (Fsp3) is 0.217. The van der Waals surface area contributed by atoms with Crippen LogP contribution in [-0.2, 0) is 9.59 Å². The Morgan fingerprint density at radius 1 is 0.900 bits per heavy atom. The van der Waals surface area contributed by atoms with Crippen LogP contribution in [0.25, 0.3) is 0 Å². The van der Waals surface area contributed by atoms with Crippen LogP contribution in [0.3, 0.4) is 0 Å². The molecule has 30 heavy (non-hydrogen) atoms. The molecule has 7 nitrogen and oxygen atoms in total. The van der Waals surface area contributed by atoms with E-state index in [1.54, 1.807) is 18.2 Å². The van der Waals surface area contributed by atoms with Gasteiger partial charge < -0.3 is 15.2 Å². The molecule has 1 saturated carbocycles. The van der Waals surface area contributed by atoms with Crippen molar-refractivity contribution in [2.24, 2.45) is 23.7 Å². The molecular weight excluding hydrogens is 384 g/mol. The Balaban J connectivity index is 1.35. The number of carbonyl (C=O) groups is 4. The number of hydrogen-bond donors (Lipinski definition) is 1. The second-order valence-electron chi connectivity index (χ2n) is 7.85. The predicted molar refractivity (Wildman–Crippen MR) is 105 cm³/mol. The Hall–Kier alpha value is -3.74. The molecule has 3 amide bonds. The van der Waals surface area contributed by atoms with Crippen molar-refractivity contribution in [1.82, 2.24) is 0 Å². The van der Waals surface area contributed by atoms with Crippen molar-refractivity contribution in [2.45, 2.75) is 6.42 Å². The van der Waals surface area contributed by atoms with Crippen molar-refractivity contribution < 1.29 is 24.3 Å². The zero-order valence-electron chi connectivity index (χ0n) is 15.8. The molecule has 1 aliphatic heterocycles. The van der Waals surface area contributed by atoms with Gasteiger partial charge in [-0.1, -0.05) is 30.4 Å². The summed E-state index contributed by atoms with van der Waals surface area (Å²) in [4.78, 5) is 50.7. The smallest absolute Gasteiger partial charge is 0.255 e. The molecule has 2 aromatic carbocycles. The highest BCUT2D eigenvalue weighted by Gasteiger charge is 2.59. The van der Waals surface area contributed by atoms with Gasteiger partial charge >= 0.3 is 0 Å². The van der Waals surface area contributed by atoms with Crippen molar-refractivity contribution in [3.63, 3.8) is 0 Å². The minimum atomic E-state index is -1.39. The molecule has 5 rings (SSSR count). The molecule has 2 fully saturated rings. The number of allylic oxidation sites excluding steroid dienone is 2. The molecule has 0 aromatic heterocycles. The Labute approximate surface area is 172 Å². The van der Waals surface area contributed by atoms with E-state index < -0.39 is 11.9 Å². The summed E-state index contributed by atoms with van der Waals surface area (Å²) in [5.41, 5.74) is 0.719. The van der Waals surface area contributed by atoms with Crippen LogP contribution in [0.4, 0.5) is 11.4 Å². The number of anilines is 2. The zero-order chi connectivity index (χ0) is 21.0. The number of rotatable bonds is 4. The number of imide groups is 1. The lowest BCUT2D eigenvalue weighted by atomic mass is 9.85. The minimum absolute atomic E-state index is 0.120. The lowest BCUT2D eigenvalue weighted by molar-refractivity contribution is -0.254. The first-order valence-electron chi connectivity index (χ1n) is 9.73. The third-order valence-electron chi connectivity index (χ3n) is 6.25. The van der Waals surface area contributed by atoms with Crippen LogP contribution >= 0.6 is 0 Å². The average Bonchev–Trinajstić information content (AvgIpc) is 3.42. The van der Waals surface area contributed by atoms with Crippen LogP contribution in [0.2, 0.25) is 0 Å². The van der Waals surface area contributed by atoms with Crippen LogP contribution in [0.1, 0.15) is 27.1 Å². The maximum atomic E-state index is 12.9. The summed E-state index contributed by atoms with van der Waals surface area (Å²) in [5, 5.41) is 13.7. The fourth-order valence-electron chi connectivity index (χ4n) is 4.88. The van der Waals surface area contributed by atoms with Crippen LogP contribution in [0.5, 0.6) is 0 Å². The van der Waals surface area contributed by atoms with Crippen molar-refractivity contribution >= 4 is 35.1 Å². The molecule has 1 heterocycles. The van der Waals surface area contributed by atoms with E-state index in [2.05, 4.69) is 5.32 Å². The standard InChI is InChI=1S/C23H18N2O5/c26-20(24-17-4-2-1-3-16(17)23(29)30)12-7-9-15(10-8-12)25-21(27)18-13-5-6-14(11-13)19(18)22(25)28/h1-10,13-14,18-19H,11H2,(H,24,26)(H,29,30)/p-1/t13-,14-,18-,19+/m0/s1. The van der Waals surface area contributed by atoms with Gasteiger partial charge in [-0.3, -0.25) is 19.3 Å². The number of nitrogens with zero attached hydrogens (tertiary/aromatic N) is 1. The number of nitrogens with one attached hydrogen (secondary N) is 1. The van der Waals surface area contributed by atoms with E-state index in [9.17, 15) is 24.3 Å². The normalized spacial score (nSPS) is 26.2. The summed E-state index contributed by atoms with van der Waals surface area (Å²) in [6, 6.07) is 12.1. The number of carboxylic acid groups (broad SMARTS) is 1. The number of fused-ring (bicyclic) bond motifs is 5. The Morgan fingerprint density at radius 3 is 2.10 bits per heavy atom. The molecule has 2 bridgehead atoms. The number of amides is 3. The third-order valence-corrected chi connectivity index (χ3v) is 6.25. The van der Waals surface area contributed by atoms with E-state index in [4.69, 9.17) is 0 Å². The number of benzene rings is 2. The SMILES string of the molecule is O=C(Nc1ccccc1C(=O)[O-])c1ccc(N2C(=O)[C@@H]3[C@H](C2=O)[C@H]2C=C[C@H]3C2)cc1. The summed E-state index contributed by atoms with van der Waals surface area (Å²) in [7, 11) is 0. The number of carbonyl (C=O) groups excluding carboxylic acids is 4. The summed E-state index contributed by atoms with van der Waals surface area (Å²) in [5.74, 6) is -2.54. The van der Waals surface area contributed by atoms with Crippen LogP contribution in [0, 0.1) is 23.7 Å². The molecule has 3 aliphatic rings. The van der Waals surface area contributed by atoms with E-state index in [1.165, 1.54) is 35.2 Å². The van der Waals surface area contributed by atoms with Gasteiger partial charge in [0.05, 0.1) is 29.2 Å². The van der Waals surface area contributed by atoms with Gasteiger partial charge in [0.1, 0.15) is 0 Å². The van der Waals surface area contributed by atoms with Gasteiger partial charge in [0.15, 0.2) is 0 Å². The van der Waals surface area contributed by atoms with Gasteiger partial charge in [0, 0.05) is 11.1 Å². The largest absolute Gasteiger partial charge is 0.545 e. The topological polar surface area (TPSA) is 107 Å².